The quantitative estimate of drug-likeness (QED) is 0.798. The monoisotopic (exact) mass is 249 g/mol. The van der Waals surface area contributed by atoms with E-state index in [4.69, 9.17) is 9.47 Å². The molecular formula is C15H23NO2. The van der Waals surface area contributed by atoms with Crippen LogP contribution in [-0.2, 0) is 11.2 Å². The fourth-order valence-corrected chi connectivity index (χ4v) is 2.50. The minimum absolute atomic E-state index is 0.676. The van der Waals surface area contributed by atoms with Gasteiger partial charge in [0.15, 0.2) is 0 Å². The molecule has 2 rings (SSSR count). The summed E-state index contributed by atoms with van der Waals surface area (Å²) in [5.74, 6) is 1.75. The Balaban J connectivity index is 1.91. The Kier molecular flexibility index (Phi) is 5.02. The molecular weight excluding hydrogens is 226 g/mol. The van der Waals surface area contributed by atoms with E-state index < -0.39 is 0 Å². The minimum Gasteiger partial charge on any atom is -0.493 e. The van der Waals surface area contributed by atoms with E-state index in [1.54, 1.807) is 7.11 Å². The Bertz CT molecular complexity index is 367. The second-order valence-electron chi connectivity index (χ2n) is 5.07. The molecule has 0 spiro atoms. The second-order valence-corrected chi connectivity index (χ2v) is 5.07. The summed E-state index contributed by atoms with van der Waals surface area (Å²) in [4.78, 5) is 2.35. The molecule has 0 aromatic heterocycles. The van der Waals surface area contributed by atoms with E-state index in [9.17, 15) is 0 Å². The standard InChI is InChI=1S/C15H23NO2/c1-16(8-10-17-2)12-13-7-9-18-15-6-4-3-5-14(15)11-13/h3-6,13H,7-12H2,1-2H3/t13-/m1/s1. The highest BCUT2D eigenvalue weighted by Crippen LogP contribution is 2.26. The first kappa shape index (κ1) is 13.4. The zero-order chi connectivity index (χ0) is 12.8. The van der Waals surface area contributed by atoms with Crippen LogP contribution < -0.4 is 4.74 Å². The molecule has 0 saturated heterocycles. The van der Waals surface area contributed by atoms with Gasteiger partial charge in [-0.15, -0.1) is 0 Å². The van der Waals surface area contributed by atoms with Gasteiger partial charge in [-0.2, -0.15) is 0 Å². The van der Waals surface area contributed by atoms with Gasteiger partial charge in [0.25, 0.3) is 0 Å². The van der Waals surface area contributed by atoms with Crippen molar-refractivity contribution in [2.24, 2.45) is 5.92 Å². The minimum atomic E-state index is 0.676. The number of hydrogen-bond donors (Lipinski definition) is 0. The molecule has 0 radical (unpaired) electrons. The van der Waals surface area contributed by atoms with Crippen molar-refractivity contribution in [3.05, 3.63) is 29.8 Å². The van der Waals surface area contributed by atoms with Gasteiger partial charge in [0.05, 0.1) is 13.2 Å². The van der Waals surface area contributed by atoms with Gasteiger partial charge in [-0.25, -0.2) is 0 Å². The van der Waals surface area contributed by atoms with Crippen molar-refractivity contribution in [2.75, 3.05) is 40.5 Å². The van der Waals surface area contributed by atoms with Crippen molar-refractivity contribution in [2.45, 2.75) is 12.8 Å². The topological polar surface area (TPSA) is 21.7 Å². The molecule has 1 aliphatic heterocycles. The molecule has 1 aliphatic rings. The molecule has 0 amide bonds. The molecule has 0 saturated carbocycles. The highest BCUT2D eigenvalue weighted by molar-refractivity contribution is 5.34. The van der Waals surface area contributed by atoms with Crippen molar-refractivity contribution in [1.29, 1.82) is 0 Å². The molecule has 0 N–H and O–H groups in total. The predicted molar refractivity (Wildman–Crippen MR) is 73.1 cm³/mol. The van der Waals surface area contributed by atoms with Gasteiger partial charge in [-0.1, -0.05) is 18.2 Å². The summed E-state index contributed by atoms with van der Waals surface area (Å²) in [5, 5.41) is 0. The summed E-state index contributed by atoms with van der Waals surface area (Å²) in [6.07, 6.45) is 2.25. The van der Waals surface area contributed by atoms with E-state index >= 15 is 0 Å². The molecule has 0 bridgehead atoms. The first-order valence-corrected chi connectivity index (χ1v) is 6.68. The molecule has 100 valence electrons. The van der Waals surface area contributed by atoms with Gasteiger partial charge in [-0.05, 0) is 37.4 Å². The van der Waals surface area contributed by atoms with Crippen LogP contribution in [0.5, 0.6) is 5.75 Å². The smallest absolute Gasteiger partial charge is 0.122 e. The highest BCUT2D eigenvalue weighted by atomic mass is 16.5. The van der Waals surface area contributed by atoms with Crippen molar-refractivity contribution >= 4 is 0 Å². The second kappa shape index (κ2) is 6.76. The number of likely N-dealkylation sites (N-methyl/N-ethyl adjacent to an activating group) is 1. The van der Waals surface area contributed by atoms with Crippen LogP contribution in [0.4, 0.5) is 0 Å². The van der Waals surface area contributed by atoms with E-state index in [1.807, 2.05) is 6.07 Å². The third kappa shape index (κ3) is 3.72. The molecule has 1 aromatic rings. The van der Waals surface area contributed by atoms with E-state index in [0.717, 1.165) is 44.9 Å². The van der Waals surface area contributed by atoms with Gasteiger partial charge in [0.1, 0.15) is 5.75 Å². The summed E-state index contributed by atoms with van der Waals surface area (Å²) >= 11 is 0. The van der Waals surface area contributed by atoms with Gasteiger partial charge >= 0.3 is 0 Å². The van der Waals surface area contributed by atoms with Crippen LogP contribution in [0.1, 0.15) is 12.0 Å². The SMILES string of the molecule is COCCN(C)C[C@@H]1CCOc2ccccc2C1. The average molecular weight is 249 g/mol. The Labute approximate surface area is 110 Å². The lowest BCUT2D eigenvalue weighted by molar-refractivity contribution is 0.149. The third-order valence-electron chi connectivity index (χ3n) is 3.51. The summed E-state index contributed by atoms with van der Waals surface area (Å²) in [6, 6.07) is 8.40. The van der Waals surface area contributed by atoms with Crippen LogP contribution in [0.15, 0.2) is 24.3 Å². The zero-order valence-electron chi connectivity index (χ0n) is 11.4. The average Bonchev–Trinajstić information content (AvgIpc) is 2.57. The number of para-hydroxylation sites is 1. The molecule has 3 heteroatoms. The first-order valence-electron chi connectivity index (χ1n) is 6.68. The van der Waals surface area contributed by atoms with E-state index in [2.05, 4.69) is 30.1 Å². The maximum atomic E-state index is 5.80. The summed E-state index contributed by atoms with van der Waals surface area (Å²) in [7, 11) is 3.92. The number of ether oxygens (including phenoxy) is 2. The lowest BCUT2D eigenvalue weighted by Gasteiger charge is -2.22. The van der Waals surface area contributed by atoms with Crippen LogP contribution in [0.2, 0.25) is 0 Å². The van der Waals surface area contributed by atoms with Crippen molar-refractivity contribution in [3.8, 4) is 5.75 Å². The van der Waals surface area contributed by atoms with Gasteiger partial charge in [-0.3, -0.25) is 0 Å². The maximum absolute atomic E-state index is 5.80. The highest BCUT2D eigenvalue weighted by Gasteiger charge is 2.18. The van der Waals surface area contributed by atoms with Crippen LogP contribution in [-0.4, -0.2) is 45.4 Å². The van der Waals surface area contributed by atoms with E-state index in [1.165, 1.54) is 5.56 Å². The Hall–Kier alpha value is -1.06. The Morgan fingerprint density at radius 2 is 2.22 bits per heavy atom. The van der Waals surface area contributed by atoms with Gasteiger partial charge in [0, 0.05) is 20.2 Å². The maximum Gasteiger partial charge on any atom is 0.122 e. The summed E-state index contributed by atoms with van der Waals surface area (Å²) in [5.41, 5.74) is 1.35. The molecule has 0 fully saturated rings. The molecule has 1 aromatic carbocycles. The van der Waals surface area contributed by atoms with Crippen molar-refractivity contribution in [3.63, 3.8) is 0 Å². The molecule has 18 heavy (non-hydrogen) atoms. The molecule has 1 atom stereocenters. The van der Waals surface area contributed by atoms with Crippen LogP contribution in [0.25, 0.3) is 0 Å². The van der Waals surface area contributed by atoms with Crippen LogP contribution in [0, 0.1) is 5.92 Å². The van der Waals surface area contributed by atoms with E-state index in [0.29, 0.717) is 5.92 Å². The van der Waals surface area contributed by atoms with Crippen molar-refractivity contribution in [1.82, 2.24) is 4.90 Å². The number of nitrogens with zero attached hydrogens (tertiary/aromatic N) is 1. The first-order chi connectivity index (χ1) is 8.79. The lowest BCUT2D eigenvalue weighted by Crippen LogP contribution is -2.30. The number of fused-ring (bicyclic) bond motifs is 1. The molecule has 0 unspecified atom stereocenters. The Morgan fingerprint density at radius 1 is 1.39 bits per heavy atom. The molecule has 1 heterocycles. The zero-order valence-corrected chi connectivity index (χ0v) is 11.4. The largest absolute Gasteiger partial charge is 0.493 e. The van der Waals surface area contributed by atoms with Crippen molar-refractivity contribution < 1.29 is 9.47 Å². The predicted octanol–water partition coefficient (Wildman–Crippen LogP) is 2.21. The lowest BCUT2D eigenvalue weighted by atomic mass is 9.96. The number of methoxy groups -OCH3 is 1. The van der Waals surface area contributed by atoms with Crippen LogP contribution in [0.3, 0.4) is 0 Å². The normalized spacial score (nSPS) is 19.2. The fraction of sp³-hybridized carbons (Fsp3) is 0.600. The van der Waals surface area contributed by atoms with Gasteiger partial charge in [0.2, 0.25) is 0 Å². The number of rotatable bonds is 5. The van der Waals surface area contributed by atoms with Crippen LogP contribution >= 0.6 is 0 Å². The van der Waals surface area contributed by atoms with Gasteiger partial charge < -0.3 is 14.4 Å². The van der Waals surface area contributed by atoms with E-state index in [-0.39, 0.29) is 0 Å². The Morgan fingerprint density at radius 3 is 3.06 bits per heavy atom. The molecule has 0 aliphatic carbocycles. The molecule has 3 nitrogen and oxygen atoms in total. The number of benzene rings is 1. The third-order valence-corrected chi connectivity index (χ3v) is 3.51. The number of hydrogen-bond acceptors (Lipinski definition) is 3. The fourth-order valence-electron chi connectivity index (χ4n) is 2.50. The summed E-state index contributed by atoms with van der Waals surface area (Å²) < 4.78 is 10.9. The summed E-state index contributed by atoms with van der Waals surface area (Å²) in [6.45, 7) is 3.74.